The maximum Gasteiger partial charge on any atom is 0.266 e. The summed E-state index contributed by atoms with van der Waals surface area (Å²) in [5, 5.41) is 0.961. The van der Waals surface area contributed by atoms with E-state index in [0.29, 0.717) is 34.6 Å². The molecule has 1 aliphatic rings. The van der Waals surface area contributed by atoms with E-state index in [0.717, 1.165) is 20.9 Å². The lowest BCUT2D eigenvalue weighted by molar-refractivity contribution is -0.131. The Kier molecular flexibility index (Phi) is 6.88. The molecular weight excluding hydrogens is 510 g/mol. The quantitative estimate of drug-likeness (QED) is 0.307. The van der Waals surface area contributed by atoms with Crippen molar-refractivity contribution in [2.45, 2.75) is 26.9 Å². The predicted octanol–water partition coefficient (Wildman–Crippen LogP) is 5.27. The highest BCUT2D eigenvalue weighted by atomic mass is 79.9. The Labute approximate surface area is 204 Å². The number of nitrogens with zero attached hydrogens (tertiary/aromatic N) is 3. The van der Waals surface area contributed by atoms with Crippen LogP contribution >= 0.6 is 39.9 Å². The molecule has 4 rings (SSSR count). The minimum absolute atomic E-state index is 0.0612. The second-order valence-electron chi connectivity index (χ2n) is 7.29. The SMILES string of the molecule is CCN(CC)C(=O)Cn1cc(/C=C2\SC(=S)N(Cc3ccco3)C2=O)c2cc(Br)ccc21. The van der Waals surface area contributed by atoms with Crippen molar-refractivity contribution in [1.82, 2.24) is 14.4 Å². The maximum absolute atomic E-state index is 13.0. The Bertz CT molecular complexity index is 1210. The summed E-state index contributed by atoms with van der Waals surface area (Å²) in [5.41, 5.74) is 1.80. The molecule has 0 saturated carbocycles. The number of hydrogen-bond donors (Lipinski definition) is 0. The smallest absolute Gasteiger partial charge is 0.266 e. The topological polar surface area (TPSA) is 58.7 Å². The molecular formula is C23H22BrN3O3S2. The van der Waals surface area contributed by atoms with Crippen LogP contribution in [0, 0.1) is 0 Å². The van der Waals surface area contributed by atoms with Crippen molar-refractivity contribution in [2.75, 3.05) is 13.1 Å². The van der Waals surface area contributed by atoms with Gasteiger partial charge in [0.25, 0.3) is 5.91 Å². The van der Waals surface area contributed by atoms with Crippen LogP contribution in [0.2, 0.25) is 0 Å². The van der Waals surface area contributed by atoms with Crippen molar-refractivity contribution in [1.29, 1.82) is 0 Å². The largest absolute Gasteiger partial charge is 0.467 e. The zero-order chi connectivity index (χ0) is 22.8. The number of aromatic nitrogens is 1. The van der Waals surface area contributed by atoms with Crippen LogP contribution in [0.5, 0.6) is 0 Å². The average molecular weight is 532 g/mol. The molecule has 3 aromatic rings. The highest BCUT2D eigenvalue weighted by Crippen LogP contribution is 2.36. The van der Waals surface area contributed by atoms with Gasteiger partial charge < -0.3 is 13.9 Å². The van der Waals surface area contributed by atoms with Crippen LogP contribution in [0.3, 0.4) is 0 Å². The zero-order valence-corrected chi connectivity index (χ0v) is 20.9. The molecule has 1 aliphatic heterocycles. The Morgan fingerprint density at radius 1 is 1.28 bits per heavy atom. The van der Waals surface area contributed by atoms with Gasteiger partial charge in [0.1, 0.15) is 16.6 Å². The van der Waals surface area contributed by atoms with E-state index in [1.165, 1.54) is 11.8 Å². The summed E-state index contributed by atoms with van der Waals surface area (Å²) < 4.78 is 8.74. The molecule has 1 aromatic carbocycles. The first-order chi connectivity index (χ1) is 15.4. The van der Waals surface area contributed by atoms with Crippen LogP contribution < -0.4 is 0 Å². The van der Waals surface area contributed by atoms with Crippen LogP contribution in [0.15, 0.2) is 56.6 Å². The summed E-state index contributed by atoms with van der Waals surface area (Å²) in [6.45, 7) is 5.84. The van der Waals surface area contributed by atoms with Crippen LogP contribution in [-0.4, -0.2) is 43.6 Å². The lowest BCUT2D eigenvalue weighted by atomic mass is 10.1. The first-order valence-electron chi connectivity index (χ1n) is 10.2. The Morgan fingerprint density at radius 2 is 2.06 bits per heavy atom. The summed E-state index contributed by atoms with van der Waals surface area (Å²) in [6.07, 6.45) is 5.36. The summed E-state index contributed by atoms with van der Waals surface area (Å²) in [4.78, 5) is 29.7. The number of furan rings is 1. The van der Waals surface area contributed by atoms with E-state index in [1.807, 2.05) is 59.9 Å². The first-order valence-corrected chi connectivity index (χ1v) is 12.3. The van der Waals surface area contributed by atoms with E-state index >= 15 is 0 Å². The molecule has 0 bridgehead atoms. The maximum atomic E-state index is 13.0. The fourth-order valence-electron chi connectivity index (χ4n) is 3.70. The molecule has 0 aliphatic carbocycles. The molecule has 2 aromatic heterocycles. The average Bonchev–Trinajstić information content (AvgIpc) is 3.46. The van der Waals surface area contributed by atoms with Gasteiger partial charge in [0.15, 0.2) is 0 Å². The number of likely N-dealkylation sites (N-methyl/N-ethyl adjacent to an activating group) is 1. The van der Waals surface area contributed by atoms with E-state index in [2.05, 4.69) is 15.9 Å². The van der Waals surface area contributed by atoms with E-state index in [-0.39, 0.29) is 18.4 Å². The van der Waals surface area contributed by atoms with Gasteiger partial charge in [-0.25, -0.2) is 0 Å². The predicted molar refractivity (Wildman–Crippen MR) is 135 cm³/mol. The number of benzene rings is 1. The van der Waals surface area contributed by atoms with E-state index in [9.17, 15) is 9.59 Å². The number of carbonyl (C=O) groups excluding carboxylic acids is 2. The van der Waals surface area contributed by atoms with Gasteiger partial charge in [-0.1, -0.05) is 39.9 Å². The van der Waals surface area contributed by atoms with Gasteiger partial charge in [-0.3, -0.25) is 14.5 Å². The van der Waals surface area contributed by atoms with Gasteiger partial charge in [-0.2, -0.15) is 0 Å². The van der Waals surface area contributed by atoms with E-state index in [1.54, 1.807) is 17.2 Å². The molecule has 32 heavy (non-hydrogen) atoms. The number of fused-ring (bicyclic) bond motifs is 1. The lowest BCUT2D eigenvalue weighted by Crippen LogP contribution is -2.33. The molecule has 6 nitrogen and oxygen atoms in total. The second kappa shape index (κ2) is 9.64. The Hall–Kier alpha value is -2.36. The zero-order valence-electron chi connectivity index (χ0n) is 17.7. The van der Waals surface area contributed by atoms with Crippen molar-refractivity contribution < 1.29 is 14.0 Å². The first kappa shape index (κ1) is 22.8. The minimum atomic E-state index is -0.147. The third kappa shape index (κ3) is 4.55. The molecule has 3 heterocycles. The number of rotatable bonds is 7. The third-order valence-corrected chi connectivity index (χ3v) is 7.22. The number of thiocarbonyl (C=S) groups is 1. The van der Waals surface area contributed by atoms with Gasteiger partial charge in [0, 0.05) is 40.2 Å². The van der Waals surface area contributed by atoms with Crippen molar-refractivity contribution >= 4 is 73.0 Å². The van der Waals surface area contributed by atoms with Gasteiger partial charge >= 0.3 is 0 Å². The van der Waals surface area contributed by atoms with Gasteiger partial charge in [0.05, 0.1) is 17.7 Å². The molecule has 166 valence electrons. The molecule has 0 radical (unpaired) electrons. The summed E-state index contributed by atoms with van der Waals surface area (Å²) in [6, 6.07) is 9.54. The third-order valence-electron chi connectivity index (χ3n) is 5.35. The van der Waals surface area contributed by atoms with Crippen molar-refractivity contribution in [2.24, 2.45) is 0 Å². The van der Waals surface area contributed by atoms with E-state index in [4.69, 9.17) is 16.6 Å². The highest BCUT2D eigenvalue weighted by Gasteiger charge is 2.33. The fraction of sp³-hybridized carbons (Fsp3) is 0.261. The molecule has 9 heteroatoms. The van der Waals surface area contributed by atoms with Crippen LogP contribution in [0.4, 0.5) is 0 Å². The monoisotopic (exact) mass is 531 g/mol. The molecule has 0 atom stereocenters. The summed E-state index contributed by atoms with van der Waals surface area (Å²) >= 11 is 10.3. The Balaban J connectivity index is 1.67. The highest BCUT2D eigenvalue weighted by molar-refractivity contribution is 9.10. The molecule has 1 saturated heterocycles. The number of halogens is 1. The van der Waals surface area contributed by atoms with Crippen molar-refractivity contribution in [3.63, 3.8) is 0 Å². The number of carbonyl (C=O) groups is 2. The van der Waals surface area contributed by atoms with Gasteiger partial charge in [-0.05, 0) is 50.3 Å². The molecule has 2 amide bonds. The summed E-state index contributed by atoms with van der Waals surface area (Å²) in [5.74, 6) is 0.593. The molecule has 0 unspecified atom stereocenters. The number of thioether (sulfide) groups is 1. The molecule has 0 spiro atoms. The fourth-order valence-corrected chi connectivity index (χ4v) is 5.31. The lowest BCUT2D eigenvalue weighted by Gasteiger charge is -2.19. The van der Waals surface area contributed by atoms with Crippen molar-refractivity contribution in [3.8, 4) is 0 Å². The van der Waals surface area contributed by atoms with E-state index < -0.39 is 0 Å². The van der Waals surface area contributed by atoms with Crippen LogP contribution in [0.1, 0.15) is 25.2 Å². The van der Waals surface area contributed by atoms with Crippen molar-refractivity contribution in [3.05, 3.63) is 63.5 Å². The molecule has 0 N–H and O–H groups in total. The summed E-state index contributed by atoms with van der Waals surface area (Å²) in [7, 11) is 0. The standard InChI is InChI=1S/C23H22BrN3O3S2/c1-3-25(4-2)21(28)14-26-12-15(18-11-16(24)7-8-19(18)26)10-20-22(29)27(23(31)32-20)13-17-6-5-9-30-17/h5-12H,3-4,13-14H2,1-2H3/b20-10-. The minimum Gasteiger partial charge on any atom is -0.467 e. The second-order valence-corrected chi connectivity index (χ2v) is 9.88. The normalized spacial score (nSPS) is 15.3. The number of amides is 2. The van der Waals surface area contributed by atoms with Crippen LogP contribution in [-0.2, 0) is 22.7 Å². The van der Waals surface area contributed by atoms with Crippen LogP contribution in [0.25, 0.3) is 17.0 Å². The van der Waals surface area contributed by atoms with Gasteiger partial charge in [0.2, 0.25) is 5.91 Å². The van der Waals surface area contributed by atoms with Gasteiger partial charge in [-0.15, -0.1) is 0 Å². The Morgan fingerprint density at radius 3 is 2.75 bits per heavy atom. The molecule has 1 fully saturated rings. The number of hydrogen-bond acceptors (Lipinski definition) is 5.